The van der Waals surface area contributed by atoms with Gasteiger partial charge >= 0.3 is 5.97 Å². The van der Waals surface area contributed by atoms with Gasteiger partial charge < -0.3 is 28.5 Å². The Kier molecular flexibility index (Phi) is 11.2. The van der Waals surface area contributed by atoms with Crippen molar-refractivity contribution in [3.63, 3.8) is 0 Å². The lowest BCUT2D eigenvalue weighted by Gasteiger charge is -2.23. The van der Waals surface area contributed by atoms with Crippen LogP contribution >= 0.6 is 8.38 Å². The highest BCUT2D eigenvalue weighted by Gasteiger charge is 2.29. The Morgan fingerprint density at radius 2 is 1.82 bits per heavy atom. The number of hydrogen-bond donors (Lipinski definition) is 1. The molecule has 10 nitrogen and oxygen atoms in total. The van der Waals surface area contributed by atoms with Gasteiger partial charge in [0.25, 0.3) is 5.91 Å². The molecule has 3 aromatic carbocycles. The number of carbonyl (C=O) groups excluding carboxylic acids is 3. The summed E-state index contributed by atoms with van der Waals surface area (Å²) in [6, 6.07) is 17.8. The van der Waals surface area contributed by atoms with Gasteiger partial charge in [-0.05, 0) is 55.8 Å². The molecule has 0 saturated heterocycles. The summed E-state index contributed by atoms with van der Waals surface area (Å²) in [5, 5.41) is 11.4. The SMILES string of the molecule is CCOC(=O)C(C)OP(CCOc1c(C=O)c(C(=O)N(C)Cc2ccc(F)cc2)c(O)c2ncccc12)Oc1ccccc1. The van der Waals surface area contributed by atoms with Crippen LogP contribution in [0.1, 0.15) is 40.1 Å². The van der Waals surface area contributed by atoms with Crippen LogP contribution in [-0.4, -0.2) is 65.7 Å². The molecule has 4 aromatic rings. The monoisotopic (exact) mass is 622 g/mol. The van der Waals surface area contributed by atoms with Gasteiger partial charge in [-0.3, -0.25) is 14.6 Å². The molecule has 0 aliphatic rings. The van der Waals surface area contributed by atoms with E-state index in [0.29, 0.717) is 23.0 Å². The van der Waals surface area contributed by atoms with Crippen molar-refractivity contribution in [1.82, 2.24) is 9.88 Å². The zero-order chi connectivity index (χ0) is 31.6. The number of phenolic OH excluding ortho intramolecular Hbond substituents is 1. The number of amides is 1. The largest absolute Gasteiger partial charge is 0.505 e. The maximum Gasteiger partial charge on any atom is 0.335 e. The first-order chi connectivity index (χ1) is 21.2. The van der Waals surface area contributed by atoms with E-state index < -0.39 is 37.9 Å². The second-order valence-electron chi connectivity index (χ2n) is 9.58. The first-order valence-electron chi connectivity index (χ1n) is 13.8. The molecule has 0 aliphatic heterocycles. The van der Waals surface area contributed by atoms with Gasteiger partial charge in [-0.1, -0.05) is 30.3 Å². The van der Waals surface area contributed by atoms with Crippen molar-refractivity contribution < 1.29 is 42.4 Å². The van der Waals surface area contributed by atoms with E-state index in [-0.39, 0.29) is 48.3 Å². The highest BCUT2D eigenvalue weighted by molar-refractivity contribution is 7.47. The van der Waals surface area contributed by atoms with Gasteiger partial charge in [0, 0.05) is 25.2 Å². The Bertz CT molecular complexity index is 1600. The van der Waals surface area contributed by atoms with Crippen LogP contribution in [0.2, 0.25) is 0 Å². The van der Waals surface area contributed by atoms with Crippen LogP contribution in [0, 0.1) is 5.82 Å². The minimum absolute atomic E-state index is 0.0389. The van der Waals surface area contributed by atoms with Gasteiger partial charge in [-0.25, -0.2) is 9.18 Å². The zero-order valence-corrected chi connectivity index (χ0v) is 25.3. The predicted molar refractivity (Wildman–Crippen MR) is 163 cm³/mol. The van der Waals surface area contributed by atoms with Gasteiger partial charge in [0.1, 0.15) is 22.8 Å². The molecule has 0 fully saturated rings. The summed E-state index contributed by atoms with van der Waals surface area (Å²) in [6.45, 7) is 3.51. The number of phenols is 1. The van der Waals surface area contributed by atoms with E-state index in [2.05, 4.69) is 4.98 Å². The molecule has 4 rings (SSSR count). The molecule has 1 N–H and O–H groups in total. The molecule has 1 amide bonds. The number of para-hydroxylation sites is 1. The summed E-state index contributed by atoms with van der Waals surface area (Å²) < 4.78 is 36.5. The Hall–Kier alpha value is -4.60. The number of carbonyl (C=O) groups is 3. The van der Waals surface area contributed by atoms with E-state index in [1.165, 1.54) is 42.4 Å². The molecule has 1 aromatic heterocycles. The summed E-state index contributed by atoms with van der Waals surface area (Å²) in [4.78, 5) is 43.8. The number of ether oxygens (including phenoxy) is 2. The quantitative estimate of drug-likeness (QED) is 0.104. The third-order valence-electron chi connectivity index (χ3n) is 6.40. The molecular weight excluding hydrogens is 590 g/mol. The number of nitrogens with zero attached hydrogens (tertiary/aromatic N) is 2. The summed E-state index contributed by atoms with van der Waals surface area (Å²) >= 11 is 0. The fourth-order valence-corrected chi connectivity index (χ4v) is 5.59. The molecule has 2 atom stereocenters. The molecular formula is C32H32FN2O8P. The minimum atomic E-state index is -1.72. The molecule has 44 heavy (non-hydrogen) atoms. The Morgan fingerprint density at radius 3 is 2.50 bits per heavy atom. The third-order valence-corrected chi connectivity index (χ3v) is 7.92. The number of benzene rings is 3. The van der Waals surface area contributed by atoms with Crippen molar-refractivity contribution >= 4 is 37.4 Å². The lowest BCUT2D eigenvalue weighted by Crippen LogP contribution is -2.27. The van der Waals surface area contributed by atoms with Gasteiger partial charge in [0.2, 0.25) is 8.38 Å². The second kappa shape index (κ2) is 15.2. The van der Waals surface area contributed by atoms with Gasteiger partial charge in [-0.15, -0.1) is 0 Å². The van der Waals surface area contributed by atoms with Crippen molar-refractivity contribution in [2.24, 2.45) is 0 Å². The van der Waals surface area contributed by atoms with Crippen LogP contribution < -0.4 is 9.26 Å². The summed E-state index contributed by atoms with van der Waals surface area (Å²) in [7, 11) is -0.222. The van der Waals surface area contributed by atoms with Crippen LogP contribution in [0.3, 0.4) is 0 Å². The number of halogens is 1. The van der Waals surface area contributed by atoms with Gasteiger partial charge in [0.05, 0.1) is 30.5 Å². The topological polar surface area (TPSA) is 124 Å². The highest BCUT2D eigenvalue weighted by Crippen LogP contribution is 2.42. The first kappa shape index (κ1) is 32.3. The van der Waals surface area contributed by atoms with E-state index in [0.717, 1.165) is 0 Å². The lowest BCUT2D eigenvalue weighted by molar-refractivity contribution is -0.150. The molecule has 230 valence electrons. The van der Waals surface area contributed by atoms with Gasteiger partial charge in [-0.2, -0.15) is 0 Å². The lowest BCUT2D eigenvalue weighted by atomic mass is 10.00. The number of aromatic nitrogens is 1. The number of fused-ring (bicyclic) bond motifs is 1. The van der Waals surface area contributed by atoms with Crippen molar-refractivity contribution in [2.75, 3.05) is 26.4 Å². The second-order valence-corrected chi connectivity index (χ2v) is 11.1. The Labute approximate surface area is 255 Å². The van der Waals surface area contributed by atoms with E-state index in [9.17, 15) is 23.9 Å². The molecule has 1 heterocycles. The zero-order valence-electron chi connectivity index (χ0n) is 24.4. The molecule has 2 unspecified atom stereocenters. The third kappa shape index (κ3) is 7.86. The van der Waals surface area contributed by atoms with E-state index >= 15 is 0 Å². The van der Waals surface area contributed by atoms with E-state index in [4.69, 9.17) is 18.5 Å². The smallest absolute Gasteiger partial charge is 0.335 e. The van der Waals surface area contributed by atoms with E-state index in [1.54, 1.807) is 50.2 Å². The number of rotatable bonds is 14. The molecule has 0 saturated carbocycles. The average molecular weight is 623 g/mol. The number of pyridine rings is 1. The molecule has 0 aliphatic carbocycles. The Balaban J connectivity index is 1.62. The van der Waals surface area contributed by atoms with Crippen LogP contribution in [0.25, 0.3) is 10.9 Å². The normalized spacial score (nSPS) is 12.3. The maximum absolute atomic E-state index is 13.6. The van der Waals surface area contributed by atoms with Crippen LogP contribution in [0.5, 0.6) is 17.2 Å². The fourth-order valence-electron chi connectivity index (χ4n) is 4.31. The highest BCUT2D eigenvalue weighted by atomic mass is 31.2. The fraction of sp³-hybridized carbons (Fsp3) is 0.250. The Morgan fingerprint density at radius 1 is 1.09 bits per heavy atom. The first-order valence-corrected chi connectivity index (χ1v) is 15.1. The van der Waals surface area contributed by atoms with Crippen molar-refractivity contribution in [1.29, 1.82) is 0 Å². The number of aldehydes is 1. The van der Waals surface area contributed by atoms with Crippen LogP contribution in [-0.2, 0) is 20.6 Å². The number of hydrogen-bond acceptors (Lipinski definition) is 9. The van der Waals surface area contributed by atoms with Crippen molar-refractivity contribution in [3.05, 3.63) is 95.4 Å². The summed E-state index contributed by atoms with van der Waals surface area (Å²) in [5.74, 6) is -1.50. The average Bonchev–Trinajstić information content (AvgIpc) is 3.03. The molecule has 12 heteroatoms. The molecule has 0 radical (unpaired) electrons. The standard InChI is InChI=1S/C32H32FN2O8P/c1-4-40-32(39)21(2)42-44(43-24-9-6-5-7-10-24)18-17-41-30-25-11-8-16-34-28(25)29(37)27(26(30)20-36)31(38)35(3)19-22-12-14-23(33)15-13-22/h5-16,20-21,37H,4,17-19H2,1-3H3. The minimum Gasteiger partial charge on any atom is -0.505 e. The van der Waals surface area contributed by atoms with Crippen molar-refractivity contribution in [2.45, 2.75) is 26.5 Å². The molecule has 0 bridgehead atoms. The number of esters is 1. The van der Waals surface area contributed by atoms with Crippen LogP contribution in [0.15, 0.2) is 72.9 Å². The van der Waals surface area contributed by atoms with E-state index in [1.807, 2.05) is 6.07 Å². The predicted octanol–water partition coefficient (Wildman–Crippen LogP) is 5.90. The van der Waals surface area contributed by atoms with Crippen LogP contribution in [0.4, 0.5) is 4.39 Å². The summed E-state index contributed by atoms with van der Waals surface area (Å²) in [5.41, 5.74) is 0.282. The van der Waals surface area contributed by atoms with Crippen molar-refractivity contribution in [3.8, 4) is 17.2 Å². The number of aromatic hydroxyl groups is 1. The molecule has 0 spiro atoms. The van der Waals surface area contributed by atoms with Gasteiger partial charge in [0.15, 0.2) is 18.1 Å². The maximum atomic E-state index is 13.6. The summed E-state index contributed by atoms with van der Waals surface area (Å²) in [6.07, 6.45) is 1.15.